The predicted molar refractivity (Wildman–Crippen MR) is 141 cm³/mol. The molecule has 2 heterocycles. The Labute approximate surface area is 211 Å². The number of amides is 1. The minimum Gasteiger partial charge on any atom is -0.495 e. The van der Waals surface area contributed by atoms with Crippen LogP contribution in [-0.2, 0) is 11.3 Å². The summed E-state index contributed by atoms with van der Waals surface area (Å²) in [6.07, 6.45) is 2.73. The molecule has 0 radical (unpaired) electrons. The van der Waals surface area contributed by atoms with Crippen molar-refractivity contribution in [2.45, 2.75) is 32.9 Å². The average Bonchev–Trinajstić information content (AvgIpc) is 3.20. The summed E-state index contributed by atoms with van der Waals surface area (Å²) in [5, 5.41) is 10.3. The molecular weight excluding hydrogens is 543 g/mol. The number of nitrogens with one attached hydrogen (secondary N) is 3. The van der Waals surface area contributed by atoms with Gasteiger partial charge in [-0.3, -0.25) is 4.79 Å². The highest BCUT2D eigenvalue weighted by Gasteiger charge is 2.25. The second kappa shape index (κ2) is 12.7. The second-order valence-corrected chi connectivity index (χ2v) is 7.70. The van der Waals surface area contributed by atoms with Crippen LogP contribution in [-0.4, -0.2) is 49.6 Å². The number of nitrogens with zero attached hydrogens (tertiary/aromatic N) is 3. The Kier molecular flexibility index (Phi) is 10.3. The number of halogens is 2. The van der Waals surface area contributed by atoms with E-state index < -0.39 is 0 Å². The van der Waals surface area contributed by atoms with Crippen molar-refractivity contribution < 1.29 is 9.53 Å². The van der Waals surface area contributed by atoms with Crippen molar-refractivity contribution in [2.75, 3.05) is 37.0 Å². The van der Waals surface area contributed by atoms with Crippen molar-refractivity contribution in [2.24, 2.45) is 4.99 Å². The molecule has 10 heteroatoms. The van der Waals surface area contributed by atoms with Crippen LogP contribution in [0.25, 0.3) is 0 Å². The first-order chi connectivity index (χ1) is 15.0. The van der Waals surface area contributed by atoms with Crippen LogP contribution in [0.3, 0.4) is 0 Å². The third kappa shape index (κ3) is 7.13. The zero-order valence-corrected chi connectivity index (χ0v) is 21.6. The Morgan fingerprint density at radius 2 is 2.19 bits per heavy atom. The molecule has 2 aromatic rings. The Morgan fingerprint density at radius 1 is 1.38 bits per heavy atom. The van der Waals surface area contributed by atoms with E-state index in [9.17, 15) is 4.79 Å². The fourth-order valence-electron chi connectivity index (χ4n) is 3.51. The van der Waals surface area contributed by atoms with Gasteiger partial charge >= 0.3 is 0 Å². The molecule has 1 aromatic carbocycles. The monoisotopic (exact) mass is 572 g/mol. The summed E-state index contributed by atoms with van der Waals surface area (Å²) in [4.78, 5) is 22.8. The van der Waals surface area contributed by atoms with Crippen LogP contribution in [0, 0.1) is 0 Å². The second-order valence-electron chi connectivity index (χ2n) is 7.30. The van der Waals surface area contributed by atoms with Crippen LogP contribution < -0.4 is 25.6 Å². The molecule has 174 valence electrons. The topological polar surface area (TPSA) is 90.9 Å². The summed E-state index contributed by atoms with van der Waals surface area (Å²) in [7, 11) is 1.58. The van der Waals surface area contributed by atoms with E-state index in [2.05, 4.69) is 25.8 Å². The van der Waals surface area contributed by atoms with E-state index in [4.69, 9.17) is 21.3 Å². The molecule has 32 heavy (non-hydrogen) atoms. The number of methoxy groups -OCH3 is 1. The predicted octanol–water partition coefficient (Wildman–Crippen LogP) is 3.65. The van der Waals surface area contributed by atoms with Gasteiger partial charge in [-0.2, -0.15) is 0 Å². The minimum absolute atomic E-state index is 0. The van der Waals surface area contributed by atoms with Crippen molar-refractivity contribution in [1.29, 1.82) is 0 Å². The van der Waals surface area contributed by atoms with Crippen LogP contribution in [0.1, 0.15) is 25.8 Å². The molecule has 3 rings (SSSR count). The Morgan fingerprint density at radius 3 is 2.88 bits per heavy atom. The van der Waals surface area contributed by atoms with Gasteiger partial charge in [-0.05, 0) is 43.2 Å². The molecule has 3 N–H and O–H groups in total. The van der Waals surface area contributed by atoms with Gasteiger partial charge in [0.25, 0.3) is 0 Å². The third-order valence-corrected chi connectivity index (χ3v) is 5.20. The number of rotatable bonds is 7. The van der Waals surface area contributed by atoms with Gasteiger partial charge in [0.15, 0.2) is 5.96 Å². The van der Waals surface area contributed by atoms with Crippen molar-refractivity contribution in [3.63, 3.8) is 0 Å². The van der Waals surface area contributed by atoms with E-state index in [1.807, 2.05) is 37.3 Å². The van der Waals surface area contributed by atoms with Gasteiger partial charge in [0.2, 0.25) is 5.91 Å². The number of aromatic nitrogens is 1. The van der Waals surface area contributed by atoms with E-state index in [1.165, 1.54) is 6.92 Å². The molecule has 1 fully saturated rings. The number of ether oxygens (including phenoxy) is 1. The van der Waals surface area contributed by atoms with Gasteiger partial charge in [0.1, 0.15) is 11.6 Å². The maximum absolute atomic E-state index is 11.5. The molecular formula is C22H30ClIN6O2. The van der Waals surface area contributed by atoms with Gasteiger partial charge in [0.05, 0.1) is 24.4 Å². The largest absolute Gasteiger partial charge is 0.495 e. The van der Waals surface area contributed by atoms with Crippen molar-refractivity contribution in [3.05, 3.63) is 47.1 Å². The first-order valence-electron chi connectivity index (χ1n) is 10.3. The maximum atomic E-state index is 11.5. The Hall–Kier alpha value is -2.27. The molecule has 0 bridgehead atoms. The number of pyridine rings is 1. The minimum atomic E-state index is -0.146. The average molecular weight is 573 g/mol. The normalized spacial score (nSPS) is 15.7. The molecule has 1 aliphatic heterocycles. The SMILES string of the molecule is CCNC(=NCc1ccc(OC)c(NC(C)=O)c1)NC1CCN(c2ncccc2Cl)C1.I. The van der Waals surface area contributed by atoms with Crippen molar-refractivity contribution >= 4 is 58.9 Å². The van der Waals surface area contributed by atoms with Gasteiger partial charge in [-0.15, -0.1) is 24.0 Å². The van der Waals surface area contributed by atoms with E-state index in [0.29, 0.717) is 23.0 Å². The maximum Gasteiger partial charge on any atom is 0.221 e. The summed E-state index contributed by atoms with van der Waals surface area (Å²) < 4.78 is 5.31. The highest BCUT2D eigenvalue weighted by Crippen LogP contribution is 2.27. The molecule has 1 atom stereocenters. The van der Waals surface area contributed by atoms with Crippen molar-refractivity contribution in [1.82, 2.24) is 15.6 Å². The van der Waals surface area contributed by atoms with Gasteiger partial charge in [-0.25, -0.2) is 9.98 Å². The molecule has 0 aliphatic carbocycles. The van der Waals surface area contributed by atoms with Gasteiger partial charge in [-0.1, -0.05) is 17.7 Å². The lowest BCUT2D eigenvalue weighted by Gasteiger charge is -2.20. The number of benzene rings is 1. The van der Waals surface area contributed by atoms with E-state index >= 15 is 0 Å². The lowest BCUT2D eigenvalue weighted by Crippen LogP contribution is -2.44. The fourth-order valence-corrected chi connectivity index (χ4v) is 3.75. The summed E-state index contributed by atoms with van der Waals surface area (Å²) in [6.45, 7) is 6.42. The smallest absolute Gasteiger partial charge is 0.221 e. The molecule has 1 aromatic heterocycles. The standard InChI is InChI=1S/C22H29ClN6O2.HI/c1-4-24-22(26-13-16-7-8-20(31-3)19(12-16)27-15(2)30)28-17-9-11-29(14-17)21-18(23)6-5-10-25-21;/h5-8,10,12,17H,4,9,11,13-14H2,1-3H3,(H,27,30)(H2,24,26,28);1H. The summed E-state index contributed by atoms with van der Waals surface area (Å²) in [5.74, 6) is 2.04. The number of aliphatic imine (C=N–C) groups is 1. The third-order valence-electron chi connectivity index (χ3n) is 4.91. The van der Waals surface area contributed by atoms with Crippen LogP contribution >= 0.6 is 35.6 Å². The lowest BCUT2D eigenvalue weighted by molar-refractivity contribution is -0.114. The highest BCUT2D eigenvalue weighted by molar-refractivity contribution is 14.0. The Balaban J connectivity index is 0.00000363. The van der Waals surface area contributed by atoms with Crippen LogP contribution in [0.4, 0.5) is 11.5 Å². The summed E-state index contributed by atoms with van der Waals surface area (Å²) in [6, 6.07) is 9.60. The number of hydrogen-bond acceptors (Lipinski definition) is 5. The number of anilines is 2. The van der Waals surface area contributed by atoms with Crippen LogP contribution in [0.15, 0.2) is 41.5 Å². The molecule has 0 saturated carbocycles. The first-order valence-corrected chi connectivity index (χ1v) is 10.7. The van der Waals surface area contributed by atoms with E-state index in [0.717, 1.165) is 43.4 Å². The number of hydrogen-bond donors (Lipinski definition) is 3. The molecule has 1 amide bonds. The van der Waals surface area contributed by atoms with Crippen molar-refractivity contribution in [3.8, 4) is 5.75 Å². The molecule has 8 nitrogen and oxygen atoms in total. The zero-order chi connectivity index (χ0) is 22.2. The lowest BCUT2D eigenvalue weighted by atomic mass is 10.2. The van der Waals surface area contributed by atoms with Gasteiger partial charge in [0, 0.05) is 38.8 Å². The zero-order valence-electron chi connectivity index (χ0n) is 18.5. The van der Waals surface area contributed by atoms with Gasteiger partial charge < -0.3 is 25.6 Å². The first kappa shape index (κ1) is 26.0. The fraction of sp³-hybridized carbons (Fsp3) is 0.409. The number of carbonyl (C=O) groups is 1. The van der Waals surface area contributed by atoms with Crippen LogP contribution in [0.2, 0.25) is 5.02 Å². The van der Waals surface area contributed by atoms with Crippen LogP contribution in [0.5, 0.6) is 5.75 Å². The molecule has 0 spiro atoms. The Bertz CT molecular complexity index is 942. The molecule has 1 aliphatic rings. The summed E-state index contributed by atoms with van der Waals surface area (Å²) in [5.41, 5.74) is 1.61. The summed E-state index contributed by atoms with van der Waals surface area (Å²) >= 11 is 6.30. The number of guanidine groups is 1. The molecule has 1 unspecified atom stereocenters. The highest BCUT2D eigenvalue weighted by atomic mass is 127. The quantitative estimate of drug-likeness (QED) is 0.267. The molecule has 1 saturated heterocycles. The van der Waals surface area contributed by atoms with E-state index in [1.54, 1.807) is 13.3 Å². The van der Waals surface area contributed by atoms with E-state index in [-0.39, 0.29) is 35.9 Å². The number of carbonyl (C=O) groups excluding carboxylic acids is 1.